The highest BCUT2D eigenvalue weighted by Gasteiger charge is 2.13. The molecule has 1 atom stereocenters. The molecule has 0 aromatic heterocycles. The zero-order valence-electron chi connectivity index (χ0n) is 11.5. The first-order valence-electron chi connectivity index (χ1n) is 6.62. The van der Waals surface area contributed by atoms with Crippen LogP contribution in [0.4, 0.5) is 8.78 Å². The molecule has 2 N–H and O–H groups in total. The van der Waals surface area contributed by atoms with E-state index in [4.69, 9.17) is 5.11 Å². The predicted octanol–water partition coefficient (Wildman–Crippen LogP) is 2.03. The van der Waals surface area contributed by atoms with Crippen LogP contribution in [0.3, 0.4) is 0 Å². The molecule has 114 valence electrons. The number of alkyl halides is 2. The SMILES string of the molecule is CCCN(CCO)C[C@@H](O)c1ccc(OC(F)F)cc1. The van der Waals surface area contributed by atoms with E-state index in [2.05, 4.69) is 4.74 Å². The fraction of sp³-hybridized carbons (Fsp3) is 0.571. The molecule has 1 aromatic rings. The molecule has 0 saturated heterocycles. The molecule has 0 spiro atoms. The molecular weight excluding hydrogens is 268 g/mol. The zero-order valence-corrected chi connectivity index (χ0v) is 11.5. The first-order chi connectivity index (χ1) is 9.56. The summed E-state index contributed by atoms with van der Waals surface area (Å²) in [6.45, 7) is 0.877. The van der Waals surface area contributed by atoms with Crippen molar-refractivity contribution in [3.8, 4) is 5.75 Å². The van der Waals surface area contributed by atoms with E-state index in [-0.39, 0.29) is 12.4 Å². The highest BCUT2D eigenvalue weighted by Crippen LogP contribution is 2.20. The van der Waals surface area contributed by atoms with Gasteiger partial charge in [0.05, 0.1) is 12.7 Å². The van der Waals surface area contributed by atoms with E-state index in [1.165, 1.54) is 12.1 Å². The summed E-state index contributed by atoms with van der Waals surface area (Å²) in [7, 11) is 0. The van der Waals surface area contributed by atoms with Gasteiger partial charge in [0.2, 0.25) is 0 Å². The van der Waals surface area contributed by atoms with E-state index >= 15 is 0 Å². The maximum Gasteiger partial charge on any atom is 0.387 e. The molecule has 0 bridgehead atoms. The summed E-state index contributed by atoms with van der Waals surface area (Å²) in [5.74, 6) is 0.0664. The summed E-state index contributed by atoms with van der Waals surface area (Å²) in [6, 6.07) is 5.93. The molecular formula is C14H21F2NO3. The van der Waals surface area contributed by atoms with Crippen LogP contribution in [-0.4, -0.2) is 48.0 Å². The highest BCUT2D eigenvalue weighted by molar-refractivity contribution is 5.28. The largest absolute Gasteiger partial charge is 0.435 e. The Bertz CT molecular complexity index is 367. The van der Waals surface area contributed by atoms with Crippen LogP contribution in [0.1, 0.15) is 25.0 Å². The Kier molecular flexibility index (Phi) is 7.43. The summed E-state index contributed by atoms with van der Waals surface area (Å²) in [4.78, 5) is 1.95. The second-order valence-corrected chi connectivity index (χ2v) is 4.49. The molecule has 0 aliphatic carbocycles. The number of nitrogens with zero attached hydrogens (tertiary/aromatic N) is 1. The van der Waals surface area contributed by atoms with Crippen LogP contribution >= 0.6 is 0 Å². The van der Waals surface area contributed by atoms with E-state index in [9.17, 15) is 13.9 Å². The Hall–Kier alpha value is -1.24. The third-order valence-corrected chi connectivity index (χ3v) is 2.88. The second kappa shape index (κ2) is 8.84. The molecule has 20 heavy (non-hydrogen) atoms. The standard InChI is InChI=1S/C14H21F2NO3/c1-2-7-17(8-9-18)10-13(19)11-3-5-12(6-4-11)20-14(15)16/h3-6,13-14,18-19H,2,7-10H2,1H3/t13-/m1/s1. The molecule has 0 radical (unpaired) electrons. The number of rotatable bonds is 9. The van der Waals surface area contributed by atoms with Crippen LogP contribution in [0.5, 0.6) is 5.75 Å². The van der Waals surface area contributed by atoms with Crippen molar-refractivity contribution in [2.24, 2.45) is 0 Å². The second-order valence-electron chi connectivity index (χ2n) is 4.49. The minimum atomic E-state index is -2.85. The third-order valence-electron chi connectivity index (χ3n) is 2.88. The Morgan fingerprint density at radius 3 is 2.35 bits per heavy atom. The molecule has 0 heterocycles. The molecule has 1 rings (SSSR count). The fourth-order valence-corrected chi connectivity index (χ4v) is 1.97. The van der Waals surface area contributed by atoms with Crippen molar-refractivity contribution >= 4 is 0 Å². The van der Waals surface area contributed by atoms with Crippen LogP contribution < -0.4 is 4.74 Å². The van der Waals surface area contributed by atoms with Crippen LogP contribution in [0.15, 0.2) is 24.3 Å². The molecule has 0 aliphatic rings. The van der Waals surface area contributed by atoms with Gasteiger partial charge in [-0.3, -0.25) is 4.90 Å². The lowest BCUT2D eigenvalue weighted by atomic mass is 10.1. The summed E-state index contributed by atoms with van der Waals surface area (Å²) >= 11 is 0. The van der Waals surface area contributed by atoms with Gasteiger partial charge < -0.3 is 14.9 Å². The molecule has 4 nitrogen and oxygen atoms in total. The molecule has 6 heteroatoms. The number of benzene rings is 1. The lowest BCUT2D eigenvalue weighted by molar-refractivity contribution is -0.0498. The number of hydrogen-bond acceptors (Lipinski definition) is 4. The van der Waals surface area contributed by atoms with Crippen molar-refractivity contribution < 1.29 is 23.7 Å². The smallest absolute Gasteiger partial charge is 0.387 e. The topological polar surface area (TPSA) is 52.9 Å². The number of ether oxygens (including phenoxy) is 1. The van der Waals surface area contributed by atoms with E-state index in [0.29, 0.717) is 18.7 Å². The average molecular weight is 289 g/mol. The molecule has 0 unspecified atom stereocenters. The van der Waals surface area contributed by atoms with E-state index in [1.54, 1.807) is 12.1 Å². The Balaban J connectivity index is 2.59. The van der Waals surface area contributed by atoms with E-state index < -0.39 is 12.7 Å². The van der Waals surface area contributed by atoms with Crippen molar-refractivity contribution in [2.45, 2.75) is 26.1 Å². The normalized spacial score (nSPS) is 12.9. The van der Waals surface area contributed by atoms with Gasteiger partial charge in [0, 0.05) is 13.1 Å². The first kappa shape index (κ1) is 16.8. The third kappa shape index (κ3) is 5.81. The summed E-state index contributed by atoms with van der Waals surface area (Å²) < 4.78 is 28.3. The zero-order chi connectivity index (χ0) is 15.0. The van der Waals surface area contributed by atoms with E-state index in [0.717, 1.165) is 13.0 Å². The van der Waals surface area contributed by atoms with Gasteiger partial charge in [-0.25, -0.2) is 0 Å². The first-order valence-corrected chi connectivity index (χ1v) is 6.62. The summed E-state index contributed by atoms with van der Waals surface area (Å²) in [6.07, 6.45) is 0.196. The molecule has 1 aromatic carbocycles. The number of halogens is 2. The number of aliphatic hydroxyl groups is 2. The van der Waals surface area contributed by atoms with E-state index in [1.807, 2.05) is 11.8 Å². The number of hydrogen-bond donors (Lipinski definition) is 2. The summed E-state index contributed by atoms with van der Waals surface area (Å²) in [5, 5.41) is 19.1. The minimum Gasteiger partial charge on any atom is -0.435 e. The number of aliphatic hydroxyl groups excluding tert-OH is 2. The van der Waals surface area contributed by atoms with Gasteiger partial charge in [-0.15, -0.1) is 0 Å². The molecule has 0 saturated carbocycles. The summed E-state index contributed by atoms with van der Waals surface area (Å²) in [5.41, 5.74) is 0.630. The van der Waals surface area contributed by atoms with Crippen molar-refractivity contribution in [1.29, 1.82) is 0 Å². The van der Waals surface area contributed by atoms with Crippen LogP contribution in [0, 0.1) is 0 Å². The van der Waals surface area contributed by atoms with Crippen molar-refractivity contribution in [3.05, 3.63) is 29.8 Å². The predicted molar refractivity (Wildman–Crippen MR) is 71.9 cm³/mol. The molecule has 0 fully saturated rings. The van der Waals surface area contributed by atoms with Crippen LogP contribution in [0.2, 0.25) is 0 Å². The van der Waals surface area contributed by atoms with Crippen LogP contribution in [0.25, 0.3) is 0 Å². The van der Waals surface area contributed by atoms with Gasteiger partial charge in [0.25, 0.3) is 0 Å². The van der Waals surface area contributed by atoms with Gasteiger partial charge in [-0.2, -0.15) is 8.78 Å². The lowest BCUT2D eigenvalue weighted by Crippen LogP contribution is -2.32. The maximum atomic E-state index is 12.0. The quantitative estimate of drug-likeness (QED) is 0.730. The van der Waals surface area contributed by atoms with Gasteiger partial charge in [0.1, 0.15) is 5.75 Å². The monoisotopic (exact) mass is 289 g/mol. The van der Waals surface area contributed by atoms with Crippen molar-refractivity contribution in [2.75, 3.05) is 26.2 Å². The van der Waals surface area contributed by atoms with Gasteiger partial charge >= 0.3 is 6.61 Å². The average Bonchev–Trinajstić information content (AvgIpc) is 2.39. The Labute approximate surface area is 117 Å². The Morgan fingerprint density at radius 1 is 1.20 bits per heavy atom. The van der Waals surface area contributed by atoms with Gasteiger partial charge in [-0.1, -0.05) is 19.1 Å². The van der Waals surface area contributed by atoms with Crippen LogP contribution in [-0.2, 0) is 0 Å². The molecule has 0 aliphatic heterocycles. The van der Waals surface area contributed by atoms with Crippen molar-refractivity contribution in [1.82, 2.24) is 4.90 Å². The molecule has 0 amide bonds. The van der Waals surface area contributed by atoms with Gasteiger partial charge in [-0.05, 0) is 30.7 Å². The maximum absolute atomic E-state index is 12.0. The fourth-order valence-electron chi connectivity index (χ4n) is 1.97. The Morgan fingerprint density at radius 2 is 1.85 bits per heavy atom. The van der Waals surface area contributed by atoms with Crippen molar-refractivity contribution in [3.63, 3.8) is 0 Å². The minimum absolute atomic E-state index is 0.0356. The highest BCUT2D eigenvalue weighted by atomic mass is 19.3. The van der Waals surface area contributed by atoms with Gasteiger partial charge in [0.15, 0.2) is 0 Å². The lowest BCUT2D eigenvalue weighted by Gasteiger charge is -2.24.